The molecule has 0 aliphatic carbocycles. The van der Waals surface area contributed by atoms with Crippen molar-refractivity contribution < 1.29 is 4.79 Å². The predicted octanol–water partition coefficient (Wildman–Crippen LogP) is 2.33. The monoisotopic (exact) mass is 241 g/mol. The SMILES string of the molecule is CCN(C(=O)c1ccc(N)cn1)c1ccccc1. The van der Waals surface area contributed by atoms with E-state index in [4.69, 9.17) is 5.73 Å². The van der Waals surface area contributed by atoms with Gasteiger partial charge in [0.15, 0.2) is 0 Å². The first-order chi connectivity index (χ1) is 8.72. The van der Waals surface area contributed by atoms with Crippen LogP contribution in [0.25, 0.3) is 0 Å². The summed E-state index contributed by atoms with van der Waals surface area (Å²) in [6, 6.07) is 12.9. The smallest absolute Gasteiger partial charge is 0.276 e. The number of rotatable bonds is 3. The van der Waals surface area contributed by atoms with E-state index in [1.54, 1.807) is 17.0 Å². The molecule has 0 spiro atoms. The van der Waals surface area contributed by atoms with E-state index in [-0.39, 0.29) is 5.91 Å². The molecule has 4 heteroatoms. The van der Waals surface area contributed by atoms with Crippen LogP contribution in [0.3, 0.4) is 0 Å². The molecule has 0 fully saturated rings. The van der Waals surface area contributed by atoms with Crippen molar-refractivity contribution in [2.75, 3.05) is 17.2 Å². The van der Waals surface area contributed by atoms with Crippen LogP contribution in [0.4, 0.5) is 11.4 Å². The van der Waals surface area contributed by atoms with Crippen molar-refractivity contribution in [1.82, 2.24) is 4.98 Å². The molecule has 2 N–H and O–H groups in total. The number of nitrogens with zero attached hydrogens (tertiary/aromatic N) is 2. The lowest BCUT2D eigenvalue weighted by atomic mass is 10.2. The van der Waals surface area contributed by atoms with Crippen LogP contribution in [0.1, 0.15) is 17.4 Å². The first kappa shape index (κ1) is 12.1. The molecule has 0 unspecified atom stereocenters. The van der Waals surface area contributed by atoms with Gasteiger partial charge in [-0.05, 0) is 31.2 Å². The minimum absolute atomic E-state index is 0.122. The highest BCUT2D eigenvalue weighted by Crippen LogP contribution is 2.15. The van der Waals surface area contributed by atoms with E-state index in [9.17, 15) is 4.79 Å². The van der Waals surface area contributed by atoms with E-state index < -0.39 is 0 Å². The number of hydrogen-bond acceptors (Lipinski definition) is 3. The highest BCUT2D eigenvalue weighted by atomic mass is 16.2. The number of anilines is 2. The molecule has 1 aromatic carbocycles. The van der Waals surface area contributed by atoms with Gasteiger partial charge in [-0.1, -0.05) is 18.2 Å². The number of benzene rings is 1. The van der Waals surface area contributed by atoms with Crippen LogP contribution in [0.15, 0.2) is 48.7 Å². The third-order valence-corrected chi connectivity index (χ3v) is 2.63. The van der Waals surface area contributed by atoms with Gasteiger partial charge in [0.25, 0.3) is 5.91 Å². The largest absolute Gasteiger partial charge is 0.397 e. The van der Waals surface area contributed by atoms with Crippen LogP contribution in [0.2, 0.25) is 0 Å². The number of amides is 1. The van der Waals surface area contributed by atoms with Crippen LogP contribution in [-0.2, 0) is 0 Å². The van der Waals surface area contributed by atoms with Gasteiger partial charge in [0, 0.05) is 12.2 Å². The second-order valence-electron chi connectivity index (χ2n) is 3.86. The molecular formula is C14H15N3O. The molecule has 1 heterocycles. The van der Waals surface area contributed by atoms with Crippen molar-refractivity contribution in [1.29, 1.82) is 0 Å². The Hall–Kier alpha value is -2.36. The normalized spacial score (nSPS) is 10.1. The van der Waals surface area contributed by atoms with Crippen LogP contribution in [-0.4, -0.2) is 17.4 Å². The van der Waals surface area contributed by atoms with Gasteiger partial charge in [-0.15, -0.1) is 0 Å². The summed E-state index contributed by atoms with van der Waals surface area (Å²) in [4.78, 5) is 18.0. The number of hydrogen-bond donors (Lipinski definition) is 1. The first-order valence-electron chi connectivity index (χ1n) is 5.81. The van der Waals surface area contributed by atoms with Gasteiger partial charge in [0.05, 0.1) is 11.9 Å². The number of carbonyl (C=O) groups is 1. The molecule has 18 heavy (non-hydrogen) atoms. The first-order valence-corrected chi connectivity index (χ1v) is 5.81. The Morgan fingerprint density at radius 2 is 1.94 bits per heavy atom. The Bertz CT molecular complexity index is 522. The van der Waals surface area contributed by atoms with Gasteiger partial charge in [0.1, 0.15) is 5.69 Å². The fourth-order valence-electron chi connectivity index (χ4n) is 1.72. The van der Waals surface area contributed by atoms with Gasteiger partial charge >= 0.3 is 0 Å². The molecule has 0 radical (unpaired) electrons. The maximum atomic E-state index is 12.3. The molecule has 0 saturated heterocycles. The molecule has 2 aromatic rings. The van der Waals surface area contributed by atoms with E-state index in [0.29, 0.717) is 17.9 Å². The third kappa shape index (κ3) is 2.48. The molecular weight excluding hydrogens is 226 g/mol. The van der Waals surface area contributed by atoms with Crippen molar-refractivity contribution in [3.05, 3.63) is 54.4 Å². The third-order valence-electron chi connectivity index (χ3n) is 2.63. The highest BCUT2D eigenvalue weighted by molar-refractivity contribution is 6.04. The van der Waals surface area contributed by atoms with Gasteiger partial charge in [-0.3, -0.25) is 4.79 Å². The van der Waals surface area contributed by atoms with Crippen molar-refractivity contribution in [3.63, 3.8) is 0 Å². The van der Waals surface area contributed by atoms with Crippen LogP contribution >= 0.6 is 0 Å². The van der Waals surface area contributed by atoms with E-state index in [1.807, 2.05) is 37.3 Å². The van der Waals surface area contributed by atoms with Gasteiger partial charge in [-0.25, -0.2) is 4.98 Å². The van der Waals surface area contributed by atoms with Crippen LogP contribution < -0.4 is 10.6 Å². The maximum Gasteiger partial charge on any atom is 0.276 e. The summed E-state index contributed by atoms with van der Waals surface area (Å²) in [5.41, 5.74) is 7.37. The van der Waals surface area contributed by atoms with Crippen molar-refractivity contribution >= 4 is 17.3 Å². The summed E-state index contributed by atoms with van der Waals surface area (Å²) in [7, 11) is 0. The quantitative estimate of drug-likeness (QED) is 0.897. The summed E-state index contributed by atoms with van der Waals surface area (Å²) in [6.07, 6.45) is 1.49. The molecule has 1 aromatic heterocycles. The van der Waals surface area contributed by atoms with Gasteiger partial charge in [0.2, 0.25) is 0 Å². The molecule has 0 aliphatic heterocycles. The lowest BCUT2D eigenvalue weighted by Gasteiger charge is -2.20. The van der Waals surface area contributed by atoms with Crippen molar-refractivity contribution in [2.24, 2.45) is 0 Å². The second kappa shape index (κ2) is 5.31. The van der Waals surface area contributed by atoms with E-state index >= 15 is 0 Å². The summed E-state index contributed by atoms with van der Waals surface area (Å²) in [5.74, 6) is -0.122. The maximum absolute atomic E-state index is 12.3. The Kier molecular flexibility index (Phi) is 3.57. The summed E-state index contributed by atoms with van der Waals surface area (Å²) < 4.78 is 0. The Morgan fingerprint density at radius 1 is 1.22 bits per heavy atom. The Morgan fingerprint density at radius 3 is 2.50 bits per heavy atom. The second-order valence-corrected chi connectivity index (χ2v) is 3.86. The minimum atomic E-state index is -0.122. The molecule has 1 amide bonds. The van der Waals surface area contributed by atoms with Crippen LogP contribution in [0, 0.1) is 0 Å². The standard InChI is InChI=1S/C14H15N3O/c1-2-17(12-6-4-3-5-7-12)14(18)13-9-8-11(15)10-16-13/h3-10H,2,15H2,1H3. The number of para-hydroxylation sites is 1. The summed E-state index contributed by atoms with van der Waals surface area (Å²) in [6.45, 7) is 2.52. The van der Waals surface area contributed by atoms with E-state index in [0.717, 1.165) is 5.69 Å². The molecule has 2 rings (SSSR count). The zero-order valence-corrected chi connectivity index (χ0v) is 10.2. The lowest BCUT2D eigenvalue weighted by Crippen LogP contribution is -2.31. The van der Waals surface area contributed by atoms with Crippen molar-refractivity contribution in [3.8, 4) is 0 Å². The fraction of sp³-hybridized carbons (Fsp3) is 0.143. The van der Waals surface area contributed by atoms with Crippen LogP contribution in [0.5, 0.6) is 0 Å². The minimum Gasteiger partial charge on any atom is -0.397 e. The molecule has 0 atom stereocenters. The Labute approximate surface area is 106 Å². The summed E-state index contributed by atoms with van der Waals surface area (Å²) >= 11 is 0. The number of pyridine rings is 1. The molecule has 0 saturated carbocycles. The zero-order chi connectivity index (χ0) is 13.0. The number of aromatic nitrogens is 1. The predicted molar refractivity (Wildman–Crippen MR) is 72.4 cm³/mol. The Balaban J connectivity index is 2.28. The lowest BCUT2D eigenvalue weighted by molar-refractivity contribution is 0.0983. The zero-order valence-electron chi connectivity index (χ0n) is 10.2. The number of nitrogen functional groups attached to an aromatic ring is 1. The van der Waals surface area contributed by atoms with Gasteiger partial charge in [-0.2, -0.15) is 0 Å². The highest BCUT2D eigenvalue weighted by Gasteiger charge is 2.16. The van der Waals surface area contributed by atoms with E-state index in [2.05, 4.69) is 4.98 Å². The topological polar surface area (TPSA) is 59.2 Å². The molecule has 0 bridgehead atoms. The van der Waals surface area contributed by atoms with Gasteiger partial charge < -0.3 is 10.6 Å². The number of carbonyl (C=O) groups excluding carboxylic acids is 1. The average molecular weight is 241 g/mol. The van der Waals surface area contributed by atoms with Crippen molar-refractivity contribution in [2.45, 2.75) is 6.92 Å². The fourth-order valence-corrected chi connectivity index (χ4v) is 1.72. The molecule has 92 valence electrons. The average Bonchev–Trinajstić information content (AvgIpc) is 2.41. The molecule has 0 aliphatic rings. The molecule has 4 nitrogen and oxygen atoms in total. The van der Waals surface area contributed by atoms with E-state index in [1.165, 1.54) is 6.20 Å². The summed E-state index contributed by atoms with van der Waals surface area (Å²) in [5, 5.41) is 0. The number of nitrogens with two attached hydrogens (primary N) is 1.